The highest BCUT2D eigenvalue weighted by molar-refractivity contribution is 5.97. The van der Waals surface area contributed by atoms with Crippen LogP contribution >= 0.6 is 0 Å². The average Bonchev–Trinajstić information content (AvgIpc) is 2.43. The van der Waals surface area contributed by atoms with E-state index >= 15 is 0 Å². The fourth-order valence-electron chi connectivity index (χ4n) is 1.71. The zero-order valence-electron chi connectivity index (χ0n) is 10.3. The van der Waals surface area contributed by atoms with Crippen molar-refractivity contribution in [1.82, 2.24) is 0 Å². The molecule has 2 rings (SSSR count). The zero-order chi connectivity index (χ0) is 14.7. The van der Waals surface area contributed by atoms with Crippen LogP contribution in [0.25, 0.3) is 0 Å². The molecule has 0 aromatic heterocycles. The van der Waals surface area contributed by atoms with Crippen molar-refractivity contribution in [2.75, 3.05) is 5.73 Å². The first-order valence-electron chi connectivity index (χ1n) is 5.72. The smallest absolute Gasteiger partial charge is 0.341 e. The van der Waals surface area contributed by atoms with E-state index in [-0.39, 0.29) is 12.4 Å². The third-order valence-corrected chi connectivity index (χ3v) is 2.68. The van der Waals surface area contributed by atoms with Gasteiger partial charge in [-0.3, -0.25) is 0 Å². The minimum absolute atomic E-state index is 0.0634. The summed E-state index contributed by atoms with van der Waals surface area (Å²) >= 11 is 0. The molecule has 0 radical (unpaired) electrons. The Labute approximate surface area is 114 Å². The number of nitrogens with two attached hydrogens (primary N) is 1. The number of aliphatic hydroxyl groups excluding tert-OH is 1. The normalized spacial score (nSPS) is 10.3. The van der Waals surface area contributed by atoms with E-state index < -0.39 is 23.0 Å². The van der Waals surface area contributed by atoms with Crippen LogP contribution in [0.15, 0.2) is 36.4 Å². The van der Waals surface area contributed by atoms with Gasteiger partial charge in [-0.15, -0.1) is 0 Å². The van der Waals surface area contributed by atoms with Crippen LogP contribution < -0.4 is 10.5 Å². The van der Waals surface area contributed by atoms with Crippen LogP contribution in [0.3, 0.4) is 0 Å². The van der Waals surface area contributed by atoms with Gasteiger partial charge in [-0.05, 0) is 29.8 Å². The van der Waals surface area contributed by atoms with Crippen molar-refractivity contribution in [2.45, 2.75) is 6.61 Å². The summed E-state index contributed by atoms with van der Waals surface area (Å²) in [6.07, 6.45) is 0. The molecule has 0 fully saturated rings. The zero-order valence-corrected chi connectivity index (χ0v) is 10.3. The van der Waals surface area contributed by atoms with Gasteiger partial charge >= 0.3 is 5.97 Å². The van der Waals surface area contributed by atoms with Crippen molar-refractivity contribution < 1.29 is 24.1 Å². The Morgan fingerprint density at radius 2 is 2.05 bits per heavy atom. The Morgan fingerprint density at radius 3 is 2.70 bits per heavy atom. The van der Waals surface area contributed by atoms with E-state index in [1.54, 1.807) is 24.3 Å². The summed E-state index contributed by atoms with van der Waals surface area (Å²) in [4.78, 5) is 11.1. The molecule has 0 aliphatic rings. The van der Waals surface area contributed by atoms with Crippen molar-refractivity contribution in [3.63, 3.8) is 0 Å². The maximum atomic E-state index is 13.3. The molecule has 6 heteroatoms. The molecule has 5 nitrogen and oxygen atoms in total. The van der Waals surface area contributed by atoms with Gasteiger partial charge in [-0.25, -0.2) is 9.18 Å². The molecule has 2 aromatic carbocycles. The molecule has 0 aliphatic heterocycles. The van der Waals surface area contributed by atoms with Crippen molar-refractivity contribution in [3.8, 4) is 11.5 Å². The minimum atomic E-state index is -1.38. The van der Waals surface area contributed by atoms with Crippen LogP contribution in [0, 0.1) is 5.82 Å². The highest BCUT2D eigenvalue weighted by Crippen LogP contribution is 2.31. The maximum Gasteiger partial charge on any atom is 0.341 e. The average molecular weight is 277 g/mol. The second kappa shape index (κ2) is 5.58. The van der Waals surface area contributed by atoms with E-state index in [1.807, 2.05) is 0 Å². The molecule has 2 aromatic rings. The van der Waals surface area contributed by atoms with Gasteiger partial charge in [0.25, 0.3) is 0 Å². The predicted molar refractivity (Wildman–Crippen MR) is 70.2 cm³/mol. The molecule has 104 valence electrons. The Hall–Kier alpha value is -2.60. The molecule has 0 aliphatic carbocycles. The van der Waals surface area contributed by atoms with Gasteiger partial charge in [-0.1, -0.05) is 12.1 Å². The van der Waals surface area contributed by atoms with Gasteiger partial charge in [0, 0.05) is 0 Å². The molecule has 0 saturated carbocycles. The number of hydrogen-bond donors (Lipinski definition) is 3. The van der Waals surface area contributed by atoms with Crippen LogP contribution in [0.5, 0.6) is 11.5 Å². The largest absolute Gasteiger partial charge is 0.477 e. The number of carbonyl (C=O) groups is 1. The summed E-state index contributed by atoms with van der Waals surface area (Å²) in [5, 5.41) is 18.1. The monoisotopic (exact) mass is 277 g/mol. The van der Waals surface area contributed by atoms with E-state index in [0.29, 0.717) is 11.3 Å². The molecule has 0 bridgehead atoms. The first kappa shape index (κ1) is 13.8. The maximum absolute atomic E-state index is 13.3. The number of carboxylic acids is 1. The molecular formula is C14H12FNO4. The lowest BCUT2D eigenvalue weighted by Crippen LogP contribution is -2.07. The summed E-state index contributed by atoms with van der Waals surface area (Å²) in [6, 6.07) is 8.70. The lowest BCUT2D eigenvalue weighted by atomic mass is 10.1. The Balaban J connectivity index is 2.43. The second-order valence-corrected chi connectivity index (χ2v) is 4.05. The third kappa shape index (κ3) is 2.70. The molecule has 0 unspecified atom stereocenters. The number of anilines is 1. The standard InChI is InChI=1S/C14H12FNO4/c15-10-4-5-11(12(13(10)16)14(18)19)20-9-3-1-2-8(6-9)7-17/h1-6,17H,7,16H2,(H,18,19). The predicted octanol–water partition coefficient (Wildman–Crippen LogP) is 2.39. The summed E-state index contributed by atoms with van der Waals surface area (Å²) in [5.41, 5.74) is 5.11. The molecule has 20 heavy (non-hydrogen) atoms. The molecule has 0 spiro atoms. The fourth-order valence-corrected chi connectivity index (χ4v) is 1.71. The first-order valence-corrected chi connectivity index (χ1v) is 5.72. The second-order valence-electron chi connectivity index (χ2n) is 4.05. The van der Waals surface area contributed by atoms with Crippen LogP contribution in [0.1, 0.15) is 15.9 Å². The number of carboxylic acid groups (broad SMARTS) is 1. The Kier molecular flexibility index (Phi) is 3.86. The molecular weight excluding hydrogens is 265 g/mol. The summed E-state index contributed by atoms with van der Waals surface area (Å²) in [5.74, 6) is -1.94. The summed E-state index contributed by atoms with van der Waals surface area (Å²) in [6.45, 7) is -0.172. The first-order chi connectivity index (χ1) is 9.52. The number of rotatable bonds is 4. The lowest BCUT2D eigenvalue weighted by Gasteiger charge is -2.11. The highest BCUT2D eigenvalue weighted by atomic mass is 19.1. The van der Waals surface area contributed by atoms with Gasteiger partial charge < -0.3 is 20.7 Å². The Bertz CT molecular complexity index is 658. The Morgan fingerprint density at radius 1 is 1.30 bits per heavy atom. The van der Waals surface area contributed by atoms with Gasteiger partial charge in [0.2, 0.25) is 0 Å². The number of aromatic carboxylic acids is 1. The van der Waals surface area contributed by atoms with Gasteiger partial charge in [-0.2, -0.15) is 0 Å². The number of hydrogen-bond acceptors (Lipinski definition) is 4. The highest BCUT2D eigenvalue weighted by Gasteiger charge is 2.19. The fraction of sp³-hybridized carbons (Fsp3) is 0.0714. The quantitative estimate of drug-likeness (QED) is 0.746. The molecule has 0 amide bonds. The van der Waals surface area contributed by atoms with Crippen LogP contribution in [0.4, 0.5) is 10.1 Å². The molecule has 0 saturated heterocycles. The molecule has 4 N–H and O–H groups in total. The van der Waals surface area contributed by atoms with E-state index in [4.69, 9.17) is 20.7 Å². The number of halogens is 1. The molecule has 0 heterocycles. The summed E-state index contributed by atoms with van der Waals surface area (Å²) in [7, 11) is 0. The van der Waals surface area contributed by atoms with Crippen LogP contribution in [-0.4, -0.2) is 16.2 Å². The number of benzene rings is 2. The number of ether oxygens (including phenoxy) is 1. The molecule has 0 atom stereocenters. The van der Waals surface area contributed by atoms with Gasteiger partial charge in [0.15, 0.2) is 0 Å². The SMILES string of the molecule is Nc1c(F)ccc(Oc2cccc(CO)c2)c1C(=O)O. The lowest BCUT2D eigenvalue weighted by molar-refractivity contribution is 0.0695. The van der Waals surface area contributed by atoms with Crippen molar-refractivity contribution >= 4 is 11.7 Å². The van der Waals surface area contributed by atoms with Crippen molar-refractivity contribution in [2.24, 2.45) is 0 Å². The third-order valence-electron chi connectivity index (χ3n) is 2.68. The van der Waals surface area contributed by atoms with E-state index in [2.05, 4.69) is 0 Å². The van der Waals surface area contributed by atoms with E-state index in [0.717, 1.165) is 6.07 Å². The van der Waals surface area contributed by atoms with Crippen molar-refractivity contribution in [3.05, 3.63) is 53.3 Å². The summed E-state index contributed by atoms with van der Waals surface area (Å²) < 4.78 is 18.7. The van der Waals surface area contributed by atoms with E-state index in [9.17, 15) is 9.18 Å². The van der Waals surface area contributed by atoms with Gasteiger partial charge in [0.1, 0.15) is 22.9 Å². The van der Waals surface area contributed by atoms with Crippen LogP contribution in [0.2, 0.25) is 0 Å². The van der Waals surface area contributed by atoms with Crippen molar-refractivity contribution in [1.29, 1.82) is 0 Å². The number of aliphatic hydroxyl groups is 1. The minimum Gasteiger partial charge on any atom is -0.477 e. The number of nitrogen functional groups attached to an aromatic ring is 1. The topological polar surface area (TPSA) is 92.8 Å². The van der Waals surface area contributed by atoms with Crippen LogP contribution in [-0.2, 0) is 6.61 Å². The van der Waals surface area contributed by atoms with E-state index in [1.165, 1.54) is 6.07 Å². The van der Waals surface area contributed by atoms with Gasteiger partial charge in [0.05, 0.1) is 12.3 Å².